The lowest BCUT2D eigenvalue weighted by Crippen LogP contribution is -2.26. The molecule has 1 aromatic heterocycles. The summed E-state index contributed by atoms with van der Waals surface area (Å²) in [7, 11) is 3.26. The number of para-hydroxylation sites is 2. The van der Waals surface area contributed by atoms with Gasteiger partial charge in [0.25, 0.3) is 0 Å². The lowest BCUT2D eigenvalue weighted by atomic mass is 10.2. The van der Waals surface area contributed by atoms with Crippen LogP contribution in [0.5, 0.6) is 11.5 Å². The van der Waals surface area contributed by atoms with E-state index in [1.807, 2.05) is 42.6 Å². The summed E-state index contributed by atoms with van der Waals surface area (Å²) >= 11 is 0. The van der Waals surface area contributed by atoms with E-state index in [1.165, 1.54) is 0 Å². The molecule has 148 valence electrons. The first-order valence-corrected chi connectivity index (χ1v) is 9.63. The van der Waals surface area contributed by atoms with Gasteiger partial charge in [0.2, 0.25) is 5.95 Å². The lowest BCUT2D eigenvalue weighted by molar-refractivity contribution is 0.292. The Bertz CT molecular complexity index is 945. The van der Waals surface area contributed by atoms with Gasteiger partial charge < -0.3 is 18.9 Å². The van der Waals surface area contributed by atoms with Crippen molar-refractivity contribution in [1.29, 1.82) is 0 Å². The van der Waals surface area contributed by atoms with Gasteiger partial charge in [-0.25, -0.2) is 9.98 Å². The average Bonchev–Trinajstić information content (AvgIpc) is 3.10. The number of aromatic nitrogens is 2. The number of hydrogen-bond acceptors (Lipinski definition) is 5. The minimum Gasteiger partial charge on any atom is -0.493 e. The highest BCUT2D eigenvalue weighted by Gasteiger charge is 2.11. The van der Waals surface area contributed by atoms with Gasteiger partial charge in [0.1, 0.15) is 0 Å². The van der Waals surface area contributed by atoms with Gasteiger partial charge in [0.05, 0.1) is 25.3 Å². The first-order chi connectivity index (χ1) is 13.7. The molecular weight excluding hydrogens is 352 g/mol. The van der Waals surface area contributed by atoms with Crippen LogP contribution >= 0.6 is 0 Å². The highest BCUT2D eigenvalue weighted by molar-refractivity contribution is 5.84. The molecule has 2 aromatic carbocycles. The summed E-state index contributed by atoms with van der Waals surface area (Å²) in [5.41, 5.74) is 3.00. The van der Waals surface area contributed by atoms with E-state index in [2.05, 4.69) is 34.4 Å². The van der Waals surface area contributed by atoms with Crippen molar-refractivity contribution >= 4 is 23.2 Å². The standard InChI is InChI=1S/C22H28N4O2/c1-5-25(6-2)13-14-26-19-10-8-7-9-18(19)24-22(26)23-16-17-11-12-20(27-3)21(15-17)28-4/h7-12,15-16H,5-6,13-14H2,1-4H3/b23-16+. The number of rotatable bonds is 9. The molecule has 6 heteroatoms. The molecule has 0 radical (unpaired) electrons. The summed E-state index contributed by atoms with van der Waals surface area (Å²) < 4.78 is 12.9. The maximum absolute atomic E-state index is 5.38. The topological polar surface area (TPSA) is 51.9 Å². The summed E-state index contributed by atoms with van der Waals surface area (Å²) in [6, 6.07) is 13.9. The number of ether oxygens (including phenoxy) is 2. The molecule has 6 nitrogen and oxygen atoms in total. The predicted molar refractivity (Wildman–Crippen MR) is 114 cm³/mol. The van der Waals surface area contributed by atoms with E-state index < -0.39 is 0 Å². The normalized spacial score (nSPS) is 11.6. The van der Waals surface area contributed by atoms with E-state index in [9.17, 15) is 0 Å². The van der Waals surface area contributed by atoms with E-state index >= 15 is 0 Å². The zero-order valence-electron chi connectivity index (χ0n) is 17.1. The molecule has 28 heavy (non-hydrogen) atoms. The monoisotopic (exact) mass is 380 g/mol. The van der Waals surface area contributed by atoms with Gasteiger partial charge in [0, 0.05) is 19.3 Å². The third-order valence-electron chi connectivity index (χ3n) is 4.91. The van der Waals surface area contributed by atoms with Gasteiger partial charge in [-0.1, -0.05) is 26.0 Å². The van der Waals surface area contributed by atoms with Gasteiger partial charge in [-0.05, 0) is 49.0 Å². The fourth-order valence-electron chi connectivity index (χ4n) is 3.23. The third-order valence-corrected chi connectivity index (χ3v) is 4.91. The van der Waals surface area contributed by atoms with Gasteiger partial charge >= 0.3 is 0 Å². The van der Waals surface area contributed by atoms with Crippen LogP contribution in [0, 0.1) is 0 Å². The largest absolute Gasteiger partial charge is 0.493 e. The SMILES string of the molecule is CCN(CC)CCn1c(/N=C/c2ccc(OC)c(OC)c2)nc2ccccc21. The van der Waals surface area contributed by atoms with Gasteiger partial charge in [-0.15, -0.1) is 0 Å². The number of imidazole rings is 1. The van der Waals surface area contributed by atoms with Crippen molar-refractivity contribution in [3.63, 3.8) is 0 Å². The van der Waals surface area contributed by atoms with Crippen molar-refractivity contribution in [2.75, 3.05) is 33.9 Å². The maximum atomic E-state index is 5.38. The minimum atomic E-state index is 0.682. The smallest absolute Gasteiger partial charge is 0.230 e. The van der Waals surface area contributed by atoms with E-state index in [0.717, 1.165) is 42.8 Å². The fraction of sp³-hybridized carbons (Fsp3) is 0.364. The summed E-state index contributed by atoms with van der Waals surface area (Å²) in [4.78, 5) is 11.8. The van der Waals surface area contributed by atoms with Crippen LogP contribution in [-0.4, -0.2) is 54.5 Å². The second kappa shape index (κ2) is 9.37. The molecule has 0 fully saturated rings. The Balaban J connectivity index is 1.91. The van der Waals surface area contributed by atoms with Crippen LogP contribution in [0.3, 0.4) is 0 Å². The van der Waals surface area contributed by atoms with E-state index in [0.29, 0.717) is 17.4 Å². The van der Waals surface area contributed by atoms with Crippen molar-refractivity contribution in [3.8, 4) is 11.5 Å². The molecule has 0 bridgehead atoms. The number of likely N-dealkylation sites (N-methyl/N-ethyl adjacent to an activating group) is 1. The number of hydrogen-bond donors (Lipinski definition) is 0. The number of benzene rings is 2. The quantitative estimate of drug-likeness (QED) is 0.524. The molecule has 3 aromatic rings. The highest BCUT2D eigenvalue weighted by Crippen LogP contribution is 2.27. The van der Waals surface area contributed by atoms with Crippen LogP contribution in [-0.2, 0) is 6.54 Å². The summed E-state index contributed by atoms with van der Waals surface area (Å²) in [6.45, 7) is 8.26. The van der Waals surface area contributed by atoms with Crippen LogP contribution in [0.1, 0.15) is 19.4 Å². The Hall–Kier alpha value is -2.86. The minimum absolute atomic E-state index is 0.682. The van der Waals surface area contributed by atoms with Crippen molar-refractivity contribution in [3.05, 3.63) is 48.0 Å². The number of methoxy groups -OCH3 is 2. The molecule has 0 aliphatic carbocycles. The second-order valence-corrected chi connectivity index (χ2v) is 6.45. The summed E-state index contributed by atoms with van der Waals surface area (Å²) in [5, 5.41) is 0. The van der Waals surface area contributed by atoms with Crippen molar-refractivity contribution < 1.29 is 9.47 Å². The number of aliphatic imine (C=N–C) groups is 1. The molecule has 0 aliphatic heterocycles. The van der Waals surface area contributed by atoms with Gasteiger partial charge in [-0.2, -0.15) is 0 Å². The van der Waals surface area contributed by atoms with Crippen LogP contribution < -0.4 is 9.47 Å². The predicted octanol–water partition coefficient (Wildman–Crippen LogP) is 4.15. The molecule has 0 saturated heterocycles. The van der Waals surface area contributed by atoms with Crippen LogP contribution in [0.4, 0.5) is 5.95 Å². The Kier molecular flexibility index (Phi) is 6.66. The number of nitrogens with zero attached hydrogens (tertiary/aromatic N) is 4. The zero-order valence-corrected chi connectivity index (χ0v) is 17.1. The number of fused-ring (bicyclic) bond motifs is 1. The second-order valence-electron chi connectivity index (χ2n) is 6.45. The van der Waals surface area contributed by atoms with Crippen LogP contribution in [0.15, 0.2) is 47.5 Å². The molecule has 0 amide bonds. The molecule has 3 rings (SSSR count). The van der Waals surface area contributed by atoms with Gasteiger partial charge in [-0.3, -0.25) is 0 Å². The van der Waals surface area contributed by atoms with Crippen LogP contribution in [0.25, 0.3) is 11.0 Å². The Morgan fingerprint density at radius 2 is 1.79 bits per heavy atom. The molecule has 0 aliphatic rings. The first kappa shape index (κ1) is 19.9. The maximum Gasteiger partial charge on any atom is 0.230 e. The Labute approximate surface area is 166 Å². The summed E-state index contributed by atoms with van der Waals surface area (Å²) in [5.74, 6) is 2.09. The van der Waals surface area contributed by atoms with Crippen molar-refractivity contribution in [1.82, 2.24) is 14.5 Å². The molecule has 0 unspecified atom stereocenters. The lowest BCUT2D eigenvalue weighted by Gasteiger charge is -2.18. The van der Waals surface area contributed by atoms with Crippen LogP contribution in [0.2, 0.25) is 0 Å². The van der Waals surface area contributed by atoms with Crippen molar-refractivity contribution in [2.24, 2.45) is 4.99 Å². The third kappa shape index (κ3) is 4.34. The van der Waals surface area contributed by atoms with E-state index in [4.69, 9.17) is 14.5 Å². The molecule has 0 atom stereocenters. The molecule has 0 spiro atoms. The first-order valence-electron chi connectivity index (χ1n) is 9.63. The van der Waals surface area contributed by atoms with E-state index in [-0.39, 0.29) is 0 Å². The summed E-state index contributed by atoms with van der Waals surface area (Å²) in [6.07, 6.45) is 1.82. The Morgan fingerprint density at radius 1 is 1.04 bits per heavy atom. The zero-order chi connectivity index (χ0) is 19.9. The average molecular weight is 380 g/mol. The fourth-order valence-corrected chi connectivity index (χ4v) is 3.23. The highest BCUT2D eigenvalue weighted by atomic mass is 16.5. The van der Waals surface area contributed by atoms with E-state index in [1.54, 1.807) is 14.2 Å². The molecule has 1 heterocycles. The Morgan fingerprint density at radius 3 is 2.50 bits per heavy atom. The molecule has 0 saturated carbocycles. The van der Waals surface area contributed by atoms with Gasteiger partial charge in [0.15, 0.2) is 11.5 Å². The molecular formula is C22H28N4O2. The molecule has 0 N–H and O–H groups in total. The van der Waals surface area contributed by atoms with Crippen molar-refractivity contribution in [2.45, 2.75) is 20.4 Å².